The Morgan fingerprint density at radius 3 is 2.69 bits per heavy atom. The number of hydrogen-bond acceptors (Lipinski definition) is 3. The number of rotatable bonds is 6. The molecule has 2 unspecified atom stereocenters. The van der Waals surface area contributed by atoms with E-state index in [2.05, 4.69) is 26.1 Å². The molecule has 3 nitrogen and oxygen atoms in total. The lowest BCUT2D eigenvalue weighted by Crippen LogP contribution is -2.56. The third-order valence-electron chi connectivity index (χ3n) is 3.83. The number of aliphatic hydroxyl groups is 1. The van der Waals surface area contributed by atoms with Crippen molar-refractivity contribution in [2.24, 2.45) is 0 Å². The predicted octanol–water partition coefficient (Wildman–Crippen LogP) is 2.09. The summed E-state index contributed by atoms with van der Waals surface area (Å²) in [6.07, 6.45) is 5.04. The van der Waals surface area contributed by atoms with Crippen molar-refractivity contribution in [2.45, 2.75) is 64.0 Å². The van der Waals surface area contributed by atoms with Crippen molar-refractivity contribution in [3.8, 4) is 0 Å². The van der Waals surface area contributed by atoms with Crippen LogP contribution in [0.4, 0.5) is 0 Å². The molecule has 16 heavy (non-hydrogen) atoms. The second kappa shape index (κ2) is 5.99. The van der Waals surface area contributed by atoms with Gasteiger partial charge in [0, 0.05) is 18.8 Å². The molecule has 1 fully saturated rings. The zero-order valence-electron chi connectivity index (χ0n) is 11.0. The van der Waals surface area contributed by atoms with Crippen LogP contribution < -0.4 is 5.32 Å². The SMILES string of the molecule is CCCNC1(CCO)CCOC(C)(CC)C1. The molecule has 0 aromatic carbocycles. The van der Waals surface area contributed by atoms with Gasteiger partial charge in [0.05, 0.1) is 5.60 Å². The molecule has 1 saturated heterocycles. The van der Waals surface area contributed by atoms with E-state index >= 15 is 0 Å². The standard InChI is InChI=1S/C13H27NO2/c1-4-8-14-13(6-9-15)7-10-16-12(3,5-2)11-13/h14-15H,4-11H2,1-3H3. The van der Waals surface area contributed by atoms with Gasteiger partial charge in [-0.1, -0.05) is 13.8 Å². The number of nitrogens with one attached hydrogen (secondary N) is 1. The zero-order valence-corrected chi connectivity index (χ0v) is 11.0. The van der Waals surface area contributed by atoms with Gasteiger partial charge in [0.25, 0.3) is 0 Å². The van der Waals surface area contributed by atoms with Gasteiger partial charge in [0.15, 0.2) is 0 Å². The highest BCUT2D eigenvalue weighted by atomic mass is 16.5. The van der Waals surface area contributed by atoms with Crippen LogP contribution in [-0.4, -0.2) is 36.0 Å². The summed E-state index contributed by atoms with van der Waals surface area (Å²) in [6, 6.07) is 0. The third kappa shape index (κ3) is 3.44. The van der Waals surface area contributed by atoms with E-state index in [0.717, 1.165) is 45.3 Å². The molecule has 1 aliphatic rings. The Hall–Kier alpha value is -0.120. The maximum Gasteiger partial charge on any atom is 0.0669 e. The minimum absolute atomic E-state index is 0.0197. The minimum atomic E-state index is -0.0197. The van der Waals surface area contributed by atoms with Crippen molar-refractivity contribution in [3.63, 3.8) is 0 Å². The quantitative estimate of drug-likeness (QED) is 0.733. The molecule has 0 aromatic heterocycles. The van der Waals surface area contributed by atoms with Crippen LogP contribution in [0.1, 0.15) is 52.9 Å². The average Bonchev–Trinajstić information content (AvgIpc) is 2.27. The summed E-state index contributed by atoms with van der Waals surface area (Å²) in [7, 11) is 0. The molecule has 2 N–H and O–H groups in total. The largest absolute Gasteiger partial charge is 0.396 e. The molecule has 0 aliphatic carbocycles. The number of ether oxygens (including phenoxy) is 1. The van der Waals surface area contributed by atoms with Gasteiger partial charge in [-0.25, -0.2) is 0 Å². The molecular formula is C13H27NO2. The van der Waals surface area contributed by atoms with E-state index < -0.39 is 0 Å². The van der Waals surface area contributed by atoms with Gasteiger partial charge in [-0.15, -0.1) is 0 Å². The first-order chi connectivity index (χ1) is 7.60. The van der Waals surface area contributed by atoms with Crippen LogP contribution in [-0.2, 0) is 4.74 Å². The number of hydrogen-bond donors (Lipinski definition) is 2. The summed E-state index contributed by atoms with van der Waals surface area (Å²) in [6.45, 7) is 8.64. The fourth-order valence-electron chi connectivity index (χ4n) is 2.63. The molecule has 1 rings (SSSR count). The van der Waals surface area contributed by atoms with Gasteiger partial charge in [-0.3, -0.25) is 0 Å². The van der Waals surface area contributed by atoms with Gasteiger partial charge < -0.3 is 15.2 Å². The summed E-state index contributed by atoms with van der Waals surface area (Å²) < 4.78 is 5.87. The van der Waals surface area contributed by atoms with Gasteiger partial charge in [0.2, 0.25) is 0 Å². The lowest BCUT2D eigenvalue weighted by Gasteiger charge is -2.46. The van der Waals surface area contributed by atoms with E-state index in [0.29, 0.717) is 0 Å². The highest BCUT2D eigenvalue weighted by molar-refractivity contribution is 4.97. The maximum absolute atomic E-state index is 9.25. The average molecular weight is 229 g/mol. The van der Waals surface area contributed by atoms with E-state index in [4.69, 9.17) is 4.74 Å². The van der Waals surface area contributed by atoms with Crippen molar-refractivity contribution in [1.29, 1.82) is 0 Å². The predicted molar refractivity (Wildman–Crippen MR) is 66.6 cm³/mol. The Morgan fingerprint density at radius 1 is 1.38 bits per heavy atom. The van der Waals surface area contributed by atoms with E-state index in [9.17, 15) is 5.11 Å². The molecule has 1 heterocycles. The van der Waals surface area contributed by atoms with Gasteiger partial charge in [-0.2, -0.15) is 0 Å². The van der Waals surface area contributed by atoms with Crippen LogP contribution in [0.3, 0.4) is 0 Å². The summed E-state index contributed by atoms with van der Waals surface area (Å²) >= 11 is 0. The number of aliphatic hydroxyl groups excluding tert-OH is 1. The molecule has 1 aliphatic heterocycles. The van der Waals surface area contributed by atoms with Crippen LogP contribution in [0.25, 0.3) is 0 Å². The normalized spacial score (nSPS) is 35.2. The summed E-state index contributed by atoms with van der Waals surface area (Å²) in [4.78, 5) is 0. The second-order valence-electron chi connectivity index (χ2n) is 5.26. The van der Waals surface area contributed by atoms with Crippen LogP contribution in [0, 0.1) is 0 Å². The van der Waals surface area contributed by atoms with Crippen LogP contribution in [0.2, 0.25) is 0 Å². The fourth-order valence-corrected chi connectivity index (χ4v) is 2.63. The minimum Gasteiger partial charge on any atom is -0.396 e. The molecule has 0 spiro atoms. The van der Waals surface area contributed by atoms with Crippen molar-refractivity contribution in [2.75, 3.05) is 19.8 Å². The molecule has 3 heteroatoms. The van der Waals surface area contributed by atoms with Crippen molar-refractivity contribution in [1.82, 2.24) is 5.32 Å². The summed E-state index contributed by atoms with van der Waals surface area (Å²) in [5.41, 5.74) is 0.0714. The first kappa shape index (κ1) is 13.9. The molecule has 0 saturated carbocycles. The molecule has 96 valence electrons. The van der Waals surface area contributed by atoms with E-state index in [1.165, 1.54) is 0 Å². The topological polar surface area (TPSA) is 41.5 Å². The smallest absolute Gasteiger partial charge is 0.0669 e. The summed E-state index contributed by atoms with van der Waals surface area (Å²) in [5.74, 6) is 0. The Morgan fingerprint density at radius 2 is 2.12 bits per heavy atom. The monoisotopic (exact) mass is 229 g/mol. The third-order valence-corrected chi connectivity index (χ3v) is 3.83. The van der Waals surface area contributed by atoms with Gasteiger partial charge >= 0.3 is 0 Å². The van der Waals surface area contributed by atoms with Gasteiger partial charge in [-0.05, 0) is 45.6 Å². The lowest BCUT2D eigenvalue weighted by molar-refractivity contribution is -0.105. The Kier molecular flexibility index (Phi) is 5.22. The van der Waals surface area contributed by atoms with Crippen LogP contribution >= 0.6 is 0 Å². The highest BCUT2D eigenvalue weighted by Gasteiger charge is 2.41. The lowest BCUT2D eigenvalue weighted by atomic mass is 9.77. The second-order valence-corrected chi connectivity index (χ2v) is 5.26. The highest BCUT2D eigenvalue weighted by Crippen LogP contribution is 2.36. The van der Waals surface area contributed by atoms with Crippen LogP contribution in [0.5, 0.6) is 0 Å². The first-order valence-corrected chi connectivity index (χ1v) is 6.59. The Labute approximate surface area is 99.6 Å². The molecule has 0 radical (unpaired) electrons. The first-order valence-electron chi connectivity index (χ1n) is 6.59. The Balaban J connectivity index is 2.67. The molecule has 0 aromatic rings. The molecule has 2 atom stereocenters. The van der Waals surface area contributed by atoms with E-state index in [1.807, 2.05) is 0 Å². The Bertz CT molecular complexity index is 206. The summed E-state index contributed by atoms with van der Waals surface area (Å²) in [5, 5.41) is 12.9. The molecule has 0 bridgehead atoms. The fraction of sp³-hybridized carbons (Fsp3) is 1.00. The molecule has 0 amide bonds. The maximum atomic E-state index is 9.25. The van der Waals surface area contributed by atoms with Crippen molar-refractivity contribution < 1.29 is 9.84 Å². The van der Waals surface area contributed by atoms with E-state index in [-0.39, 0.29) is 17.7 Å². The molecular weight excluding hydrogens is 202 g/mol. The van der Waals surface area contributed by atoms with Gasteiger partial charge in [0.1, 0.15) is 0 Å². The van der Waals surface area contributed by atoms with Crippen LogP contribution in [0.15, 0.2) is 0 Å². The van der Waals surface area contributed by atoms with Crippen molar-refractivity contribution >= 4 is 0 Å². The van der Waals surface area contributed by atoms with E-state index in [1.54, 1.807) is 0 Å². The zero-order chi connectivity index (χ0) is 12.1. The van der Waals surface area contributed by atoms with Crippen molar-refractivity contribution in [3.05, 3.63) is 0 Å².